The number of nitrogens with one attached hydrogen (secondary N) is 2. The Morgan fingerprint density at radius 2 is 1.94 bits per heavy atom. The van der Waals surface area contributed by atoms with Crippen molar-refractivity contribution in [2.24, 2.45) is 16.6 Å². The third-order valence-corrected chi connectivity index (χ3v) is 9.49. The summed E-state index contributed by atoms with van der Waals surface area (Å²) in [5, 5.41) is 3.03. The molecule has 1 fully saturated rings. The van der Waals surface area contributed by atoms with E-state index in [-0.39, 0.29) is 28.1 Å². The topological polar surface area (TPSA) is 131 Å². The van der Waals surface area contributed by atoms with Crippen molar-refractivity contribution in [3.8, 4) is 0 Å². The van der Waals surface area contributed by atoms with Crippen molar-refractivity contribution >= 4 is 51.6 Å². The molecule has 3 unspecified atom stereocenters. The summed E-state index contributed by atoms with van der Waals surface area (Å²) in [6.45, 7) is 1.76. The van der Waals surface area contributed by atoms with Gasteiger partial charge in [0.2, 0.25) is 10.0 Å². The second-order valence-electron chi connectivity index (χ2n) is 9.75. The van der Waals surface area contributed by atoms with Gasteiger partial charge in [0.1, 0.15) is 17.6 Å². The molecule has 0 aromatic heterocycles. The fourth-order valence-electron chi connectivity index (χ4n) is 5.06. The lowest BCUT2D eigenvalue weighted by molar-refractivity contribution is -0.125. The van der Waals surface area contributed by atoms with Gasteiger partial charge in [-0.2, -0.15) is 4.76 Å². The molecule has 36 heavy (non-hydrogen) atoms. The molecule has 0 bridgehead atoms. The lowest BCUT2D eigenvalue weighted by Crippen LogP contribution is -2.51. The van der Waals surface area contributed by atoms with E-state index in [1.807, 2.05) is 0 Å². The minimum Gasteiger partial charge on any atom is -0.342 e. The highest BCUT2D eigenvalue weighted by atomic mass is 32.2. The van der Waals surface area contributed by atoms with Crippen LogP contribution in [0.3, 0.4) is 0 Å². The highest BCUT2D eigenvalue weighted by molar-refractivity contribution is 7.92. The molecule has 5 rings (SSSR count). The maximum Gasteiger partial charge on any atom is 0.348 e. The molecule has 3 atom stereocenters. The van der Waals surface area contributed by atoms with Gasteiger partial charge in [-0.15, -0.1) is 0 Å². The minimum atomic E-state index is -3.99. The van der Waals surface area contributed by atoms with Crippen molar-refractivity contribution in [3.63, 3.8) is 0 Å². The first-order valence-corrected chi connectivity index (χ1v) is 14.9. The molecule has 1 heterocycles. The zero-order valence-electron chi connectivity index (χ0n) is 19.9. The maximum atomic E-state index is 14.2. The SMILES string of the molecule is COP1(=O)N=C(C2C(=O)c3cc(F)ccc3C(C)(CC3CC3)C2=O)Nc2ccc(NS(C)(=O)=O)cc21. The zero-order valence-corrected chi connectivity index (χ0v) is 21.6. The van der Waals surface area contributed by atoms with E-state index in [0.29, 0.717) is 17.9 Å². The number of Topliss-reactive ketones (excluding diaryl/α,β-unsaturated/α-hetero) is 2. The van der Waals surface area contributed by atoms with Crippen molar-refractivity contribution in [1.82, 2.24) is 0 Å². The van der Waals surface area contributed by atoms with Crippen molar-refractivity contribution < 1.29 is 31.5 Å². The third kappa shape index (κ3) is 4.19. The van der Waals surface area contributed by atoms with Gasteiger partial charge in [0.05, 0.1) is 22.7 Å². The molecular formula is C24H25FN3O6PS. The van der Waals surface area contributed by atoms with E-state index >= 15 is 0 Å². The zero-order chi connectivity index (χ0) is 26.0. The van der Waals surface area contributed by atoms with Crippen molar-refractivity contribution in [2.45, 2.75) is 31.6 Å². The lowest BCUT2D eigenvalue weighted by Gasteiger charge is -2.39. The number of rotatable bonds is 6. The van der Waals surface area contributed by atoms with E-state index in [0.717, 1.165) is 25.2 Å². The van der Waals surface area contributed by atoms with Crippen LogP contribution in [0.4, 0.5) is 15.8 Å². The summed E-state index contributed by atoms with van der Waals surface area (Å²) in [6, 6.07) is 8.14. The Bertz CT molecular complexity index is 1500. The number of hydrogen-bond donors (Lipinski definition) is 2. The van der Waals surface area contributed by atoms with Crippen molar-refractivity contribution in [1.29, 1.82) is 0 Å². The van der Waals surface area contributed by atoms with Gasteiger partial charge in [-0.25, -0.2) is 12.8 Å². The molecule has 0 saturated heterocycles. The van der Waals surface area contributed by atoms with E-state index < -0.39 is 46.3 Å². The largest absolute Gasteiger partial charge is 0.348 e. The molecule has 190 valence electrons. The number of carbonyl (C=O) groups excluding carboxylic acids is 2. The highest BCUT2D eigenvalue weighted by Gasteiger charge is 2.53. The van der Waals surface area contributed by atoms with Gasteiger partial charge in [-0.3, -0.25) is 18.9 Å². The number of amidine groups is 1. The number of halogens is 1. The smallest absolute Gasteiger partial charge is 0.342 e. The van der Waals surface area contributed by atoms with Crippen LogP contribution in [0.1, 0.15) is 42.1 Å². The van der Waals surface area contributed by atoms with E-state index in [9.17, 15) is 27.0 Å². The standard InChI is InChI=1S/C24H25FN3O6PS/c1-24(12-13-4-5-13)17-8-6-14(25)10-16(17)21(29)20(22(24)30)23-26-18-9-7-15(28-36(3,32)33)11-19(18)35(31,27-23)34-2/h6-11,13,20,28H,4-5,12H2,1-3H3,(H,26,27,31). The summed E-state index contributed by atoms with van der Waals surface area (Å²) in [7, 11) is -6.41. The van der Waals surface area contributed by atoms with Gasteiger partial charge in [-0.05, 0) is 55.2 Å². The summed E-state index contributed by atoms with van der Waals surface area (Å²) >= 11 is 0. The Kier molecular flexibility index (Phi) is 5.74. The number of ketones is 2. The number of carbonyl (C=O) groups is 2. The fourth-order valence-corrected chi connectivity index (χ4v) is 7.19. The van der Waals surface area contributed by atoms with Gasteiger partial charge >= 0.3 is 7.52 Å². The average Bonchev–Trinajstić information content (AvgIpc) is 3.61. The van der Waals surface area contributed by atoms with Crippen LogP contribution in [0, 0.1) is 17.7 Å². The van der Waals surface area contributed by atoms with Gasteiger partial charge in [0.15, 0.2) is 11.6 Å². The molecule has 0 radical (unpaired) electrons. The minimum absolute atomic E-state index is 0.0882. The molecule has 12 heteroatoms. The Balaban J connectivity index is 1.61. The van der Waals surface area contributed by atoms with Crippen LogP contribution in [0.25, 0.3) is 0 Å². The second-order valence-corrected chi connectivity index (χ2v) is 13.6. The van der Waals surface area contributed by atoms with E-state index in [1.54, 1.807) is 6.92 Å². The maximum absolute atomic E-state index is 14.2. The van der Waals surface area contributed by atoms with Crippen LogP contribution >= 0.6 is 7.52 Å². The van der Waals surface area contributed by atoms with Crippen LogP contribution < -0.4 is 15.3 Å². The van der Waals surface area contributed by atoms with Gasteiger partial charge in [-0.1, -0.05) is 18.9 Å². The number of fused-ring (bicyclic) bond motifs is 2. The first-order chi connectivity index (χ1) is 16.8. The van der Waals surface area contributed by atoms with Crippen LogP contribution in [-0.4, -0.2) is 39.2 Å². The normalized spacial score (nSPS) is 27.6. The highest BCUT2D eigenvalue weighted by Crippen LogP contribution is 2.53. The van der Waals surface area contributed by atoms with Crippen LogP contribution in [0.5, 0.6) is 0 Å². The molecule has 2 aromatic carbocycles. The van der Waals surface area contributed by atoms with Crippen molar-refractivity contribution in [2.75, 3.05) is 23.4 Å². The van der Waals surface area contributed by atoms with E-state index in [2.05, 4.69) is 14.8 Å². The van der Waals surface area contributed by atoms with Crippen LogP contribution in [0.2, 0.25) is 0 Å². The summed E-state index contributed by atoms with van der Waals surface area (Å²) < 4.78 is 63.0. The summed E-state index contributed by atoms with van der Waals surface area (Å²) in [6.07, 6.45) is 3.46. The molecule has 1 aliphatic heterocycles. The van der Waals surface area contributed by atoms with E-state index in [4.69, 9.17) is 4.52 Å². The predicted molar refractivity (Wildman–Crippen MR) is 134 cm³/mol. The summed E-state index contributed by atoms with van der Waals surface area (Å²) in [4.78, 5) is 27.5. The summed E-state index contributed by atoms with van der Waals surface area (Å²) in [5.41, 5.74) is -0.0321. The first-order valence-electron chi connectivity index (χ1n) is 11.4. The van der Waals surface area contributed by atoms with Crippen LogP contribution in [-0.2, 0) is 29.3 Å². The average molecular weight is 534 g/mol. The molecule has 1 saturated carbocycles. The summed E-state index contributed by atoms with van der Waals surface area (Å²) in [5.74, 6) is -2.85. The molecular weight excluding hydrogens is 508 g/mol. The molecule has 9 nitrogen and oxygen atoms in total. The second kappa shape index (κ2) is 8.33. The number of benzene rings is 2. The molecule has 0 spiro atoms. The number of sulfonamides is 1. The Labute approximate surface area is 208 Å². The predicted octanol–water partition coefficient (Wildman–Crippen LogP) is 3.63. The monoisotopic (exact) mass is 533 g/mol. The number of hydrogen-bond acceptors (Lipinski definition) is 7. The van der Waals surface area contributed by atoms with Gasteiger partial charge in [0.25, 0.3) is 0 Å². The van der Waals surface area contributed by atoms with Crippen molar-refractivity contribution in [3.05, 3.63) is 53.3 Å². The Morgan fingerprint density at radius 3 is 2.58 bits per heavy atom. The fraction of sp³-hybridized carbons (Fsp3) is 0.375. The molecule has 0 amide bonds. The Hall–Kier alpha value is -2.88. The van der Waals surface area contributed by atoms with E-state index in [1.165, 1.54) is 37.4 Å². The number of anilines is 2. The Morgan fingerprint density at radius 1 is 1.22 bits per heavy atom. The number of nitrogens with zero attached hydrogens (tertiary/aromatic N) is 1. The van der Waals surface area contributed by atoms with Crippen LogP contribution in [0.15, 0.2) is 41.2 Å². The first kappa shape index (κ1) is 24.8. The van der Waals surface area contributed by atoms with Gasteiger partial charge < -0.3 is 9.84 Å². The quantitative estimate of drug-likeness (QED) is 0.428. The molecule has 2 aromatic rings. The molecule has 3 aliphatic rings. The lowest BCUT2D eigenvalue weighted by atomic mass is 9.63. The molecule has 2 N–H and O–H groups in total. The third-order valence-electron chi connectivity index (χ3n) is 6.93. The molecule has 2 aliphatic carbocycles. The van der Waals surface area contributed by atoms with Gasteiger partial charge in [0, 0.05) is 18.4 Å².